The van der Waals surface area contributed by atoms with E-state index in [1.54, 1.807) is 25.2 Å². The van der Waals surface area contributed by atoms with Crippen molar-refractivity contribution in [3.8, 4) is 0 Å². The van der Waals surface area contributed by atoms with Gasteiger partial charge in [-0.05, 0) is 44.2 Å². The Bertz CT molecular complexity index is 640. The summed E-state index contributed by atoms with van der Waals surface area (Å²) in [6.45, 7) is 6.48. The van der Waals surface area contributed by atoms with E-state index >= 15 is 0 Å². The molecule has 0 aliphatic carbocycles. The van der Waals surface area contributed by atoms with E-state index in [0.29, 0.717) is 0 Å². The molecule has 4 amide bonds. The van der Waals surface area contributed by atoms with E-state index in [4.69, 9.17) is 0 Å². The molecule has 118 valence electrons. The van der Waals surface area contributed by atoms with Crippen LogP contribution in [0.3, 0.4) is 0 Å². The number of carbonyl (C=O) groups excluding carboxylic acids is 3. The van der Waals surface area contributed by atoms with Crippen molar-refractivity contribution < 1.29 is 14.4 Å². The summed E-state index contributed by atoms with van der Waals surface area (Å²) in [4.78, 5) is 41.9. The zero-order valence-corrected chi connectivity index (χ0v) is 13.7. The lowest BCUT2D eigenvalue weighted by atomic mass is 10.0. The molecule has 3 heterocycles. The van der Waals surface area contributed by atoms with Crippen LogP contribution in [0.2, 0.25) is 0 Å². The Morgan fingerprint density at radius 1 is 1.27 bits per heavy atom. The molecular weight excluding hydrogens is 302 g/mol. The normalized spacial score (nSPS) is 22.9. The Balaban J connectivity index is 1.78. The quantitative estimate of drug-likeness (QED) is 0.629. The molecule has 1 saturated heterocycles. The maximum Gasteiger partial charge on any atom is 0.335 e. The highest BCUT2D eigenvalue weighted by Gasteiger charge is 2.46. The molecule has 6 nitrogen and oxygen atoms in total. The molecule has 22 heavy (non-hydrogen) atoms. The fourth-order valence-electron chi connectivity index (χ4n) is 3.04. The van der Waals surface area contributed by atoms with Crippen molar-refractivity contribution in [1.29, 1.82) is 0 Å². The summed E-state index contributed by atoms with van der Waals surface area (Å²) < 4.78 is 0. The van der Waals surface area contributed by atoms with Crippen molar-refractivity contribution in [3.63, 3.8) is 0 Å². The van der Waals surface area contributed by atoms with Gasteiger partial charge in [0.1, 0.15) is 0 Å². The average Bonchev–Trinajstić information content (AvgIpc) is 3.01. The molecule has 1 atom stereocenters. The van der Waals surface area contributed by atoms with Crippen LogP contribution >= 0.6 is 11.3 Å². The number of fused-ring (bicyclic) bond motifs is 1. The van der Waals surface area contributed by atoms with E-state index in [9.17, 15) is 14.4 Å². The second-order valence-corrected chi connectivity index (χ2v) is 6.96. The number of nitrogens with zero attached hydrogens (tertiary/aromatic N) is 3. The fourth-order valence-corrected chi connectivity index (χ4v) is 4.00. The number of amides is 4. The van der Waals surface area contributed by atoms with Crippen LogP contribution in [0.15, 0.2) is 11.4 Å². The summed E-state index contributed by atoms with van der Waals surface area (Å²) in [7, 11) is 0. The first-order valence-corrected chi connectivity index (χ1v) is 8.29. The van der Waals surface area contributed by atoms with Crippen LogP contribution in [0.1, 0.15) is 37.3 Å². The minimum atomic E-state index is -0.721. The number of hydrogen-bond acceptors (Lipinski definition) is 5. The molecule has 1 fully saturated rings. The second kappa shape index (κ2) is 5.48. The highest BCUT2D eigenvalue weighted by molar-refractivity contribution is 7.10. The van der Waals surface area contributed by atoms with Crippen molar-refractivity contribution >= 4 is 29.2 Å². The van der Waals surface area contributed by atoms with Gasteiger partial charge in [0.15, 0.2) is 0 Å². The predicted octanol–water partition coefficient (Wildman–Crippen LogP) is 1.82. The SMILES string of the molecule is CC(C)N1C(=O)C(=O)N(CN2CCc3sccc3[C@H]2C)C1=O. The van der Waals surface area contributed by atoms with E-state index in [1.165, 1.54) is 10.4 Å². The number of hydrogen-bond donors (Lipinski definition) is 0. The van der Waals surface area contributed by atoms with E-state index in [-0.39, 0.29) is 18.8 Å². The molecular formula is C15H19N3O3S. The van der Waals surface area contributed by atoms with E-state index in [1.807, 2.05) is 0 Å². The van der Waals surface area contributed by atoms with Crippen LogP contribution in [0.5, 0.6) is 0 Å². The first-order chi connectivity index (χ1) is 10.4. The van der Waals surface area contributed by atoms with E-state index in [0.717, 1.165) is 22.8 Å². The zero-order chi connectivity index (χ0) is 16.0. The molecule has 2 aliphatic rings. The van der Waals surface area contributed by atoms with Crippen molar-refractivity contribution in [1.82, 2.24) is 14.7 Å². The van der Waals surface area contributed by atoms with Gasteiger partial charge in [-0.25, -0.2) is 9.69 Å². The number of carbonyl (C=O) groups is 3. The molecule has 0 aromatic carbocycles. The second-order valence-electron chi connectivity index (χ2n) is 5.96. The lowest BCUT2D eigenvalue weighted by Gasteiger charge is -2.35. The van der Waals surface area contributed by atoms with Crippen LogP contribution < -0.4 is 0 Å². The third-order valence-corrected chi connectivity index (χ3v) is 5.32. The van der Waals surface area contributed by atoms with E-state index in [2.05, 4.69) is 23.3 Å². The Morgan fingerprint density at radius 3 is 2.64 bits per heavy atom. The first-order valence-electron chi connectivity index (χ1n) is 7.41. The summed E-state index contributed by atoms with van der Waals surface area (Å²) >= 11 is 1.74. The molecule has 1 aromatic rings. The highest BCUT2D eigenvalue weighted by atomic mass is 32.1. The summed E-state index contributed by atoms with van der Waals surface area (Å²) in [6, 6.07) is 1.42. The molecule has 2 aliphatic heterocycles. The Kier molecular flexibility index (Phi) is 3.78. The number of imide groups is 2. The van der Waals surface area contributed by atoms with Gasteiger partial charge in [-0.1, -0.05) is 0 Å². The largest absolute Gasteiger partial charge is 0.335 e. The lowest BCUT2D eigenvalue weighted by Crippen LogP contribution is -2.45. The third-order valence-electron chi connectivity index (χ3n) is 4.33. The van der Waals surface area contributed by atoms with Gasteiger partial charge in [-0.15, -0.1) is 11.3 Å². The maximum absolute atomic E-state index is 12.3. The van der Waals surface area contributed by atoms with Gasteiger partial charge in [0.05, 0.1) is 6.67 Å². The van der Waals surface area contributed by atoms with Crippen molar-refractivity contribution in [2.75, 3.05) is 13.2 Å². The Labute approximate surface area is 133 Å². The highest BCUT2D eigenvalue weighted by Crippen LogP contribution is 2.33. The van der Waals surface area contributed by atoms with Gasteiger partial charge in [0.2, 0.25) is 0 Å². The molecule has 1 aromatic heterocycles. The molecule has 0 unspecified atom stereocenters. The van der Waals surface area contributed by atoms with Gasteiger partial charge in [-0.2, -0.15) is 0 Å². The minimum Gasteiger partial charge on any atom is -0.278 e. The molecule has 7 heteroatoms. The molecule has 0 N–H and O–H groups in total. The average molecular weight is 321 g/mol. The summed E-state index contributed by atoms with van der Waals surface area (Å²) in [5.74, 6) is -1.44. The maximum atomic E-state index is 12.3. The fraction of sp³-hybridized carbons (Fsp3) is 0.533. The lowest BCUT2D eigenvalue weighted by molar-refractivity contribution is -0.144. The van der Waals surface area contributed by atoms with E-state index < -0.39 is 17.8 Å². The van der Waals surface area contributed by atoms with Crippen molar-refractivity contribution in [2.24, 2.45) is 0 Å². The zero-order valence-electron chi connectivity index (χ0n) is 12.9. The third kappa shape index (κ3) is 2.24. The van der Waals surface area contributed by atoms with Crippen LogP contribution in [0, 0.1) is 0 Å². The molecule has 0 radical (unpaired) electrons. The number of urea groups is 1. The summed E-state index contributed by atoms with van der Waals surface area (Å²) in [6.07, 6.45) is 0.912. The number of rotatable bonds is 3. The van der Waals surface area contributed by atoms with Gasteiger partial charge in [0.25, 0.3) is 0 Å². The Morgan fingerprint density at radius 2 is 2.00 bits per heavy atom. The summed E-state index contributed by atoms with van der Waals surface area (Å²) in [5, 5.41) is 2.07. The van der Waals surface area contributed by atoms with Gasteiger partial charge in [0, 0.05) is 23.5 Å². The first kappa shape index (κ1) is 15.2. The van der Waals surface area contributed by atoms with Crippen molar-refractivity contribution in [2.45, 2.75) is 39.3 Å². The molecule has 0 bridgehead atoms. The van der Waals surface area contributed by atoms with Crippen LogP contribution in [-0.4, -0.2) is 51.8 Å². The monoisotopic (exact) mass is 321 g/mol. The van der Waals surface area contributed by atoms with Gasteiger partial charge >= 0.3 is 17.8 Å². The molecule has 0 spiro atoms. The molecule has 0 saturated carbocycles. The predicted molar refractivity (Wildman–Crippen MR) is 82.2 cm³/mol. The standard InChI is InChI=1S/C15H19N3O3S/c1-9(2)18-14(20)13(19)17(15(18)21)8-16-6-4-12-11(10(16)3)5-7-22-12/h5,7,9-10H,4,6,8H2,1-3H3/t10-/m1/s1. The smallest absolute Gasteiger partial charge is 0.278 e. The number of thiophene rings is 1. The minimum absolute atomic E-state index is 0.138. The van der Waals surface area contributed by atoms with Crippen LogP contribution in [0.4, 0.5) is 4.79 Å². The van der Waals surface area contributed by atoms with Crippen LogP contribution in [-0.2, 0) is 16.0 Å². The van der Waals surface area contributed by atoms with Gasteiger partial charge in [-0.3, -0.25) is 19.4 Å². The molecule has 3 rings (SSSR count). The Hall–Kier alpha value is -1.73. The van der Waals surface area contributed by atoms with Gasteiger partial charge < -0.3 is 0 Å². The van der Waals surface area contributed by atoms with Crippen molar-refractivity contribution in [3.05, 3.63) is 21.9 Å². The topological polar surface area (TPSA) is 60.9 Å². The summed E-state index contributed by atoms with van der Waals surface area (Å²) in [5.41, 5.74) is 1.25. The van der Waals surface area contributed by atoms with Crippen LogP contribution in [0.25, 0.3) is 0 Å².